The summed E-state index contributed by atoms with van der Waals surface area (Å²) in [7, 11) is 0. The summed E-state index contributed by atoms with van der Waals surface area (Å²) in [6.07, 6.45) is -0.672. The molecule has 1 aromatic carbocycles. The third-order valence-corrected chi connectivity index (χ3v) is 3.59. The first-order chi connectivity index (χ1) is 11.2. The molecule has 0 aliphatic carbocycles. The Morgan fingerprint density at radius 1 is 1.29 bits per heavy atom. The summed E-state index contributed by atoms with van der Waals surface area (Å²) in [5.41, 5.74) is 0.759. The third-order valence-electron chi connectivity index (χ3n) is 3.59. The van der Waals surface area contributed by atoms with Gasteiger partial charge in [-0.2, -0.15) is 5.10 Å². The van der Waals surface area contributed by atoms with Gasteiger partial charge in [0.15, 0.2) is 11.5 Å². The van der Waals surface area contributed by atoms with E-state index in [1.807, 2.05) is 13.8 Å². The zero-order chi connectivity index (χ0) is 18.0. The molecule has 130 valence electrons. The molecule has 24 heavy (non-hydrogen) atoms. The van der Waals surface area contributed by atoms with Gasteiger partial charge >= 0.3 is 0 Å². The van der Waals surface area contributed by atoms with Gasteiger partial charge in [-0.05, 0) is 45.9 Å². The highest BCUT2D eigenvalue weighted by molar-refractivity contribution is 5.92. The Morgan fingerprint density at radius 3 is 2.50 bits per heavy atom. The average molecular weight is 337 g/mol. The zero-order valence-corrected chi connectivity index (χ0v) is 14.1. The molecular weight excluding hydrogens is 316 g/mol. The predicted octanol–water partition coefficient (Wildman–Crippen LogP) is 2.69. The van der Waals surface area contributed by atoms with E-state index in [0.29, 0.717) is 5.69 Å². The van der Waals surface area contributed by atoms with Crippen LogP contribution in [0.25, 0.3) is 5.69 Å². The summed E-state index contributed by atoms with van der Waals surface area (Å²) >= 11 is 0. The Kier molecular flexibility index (Phi) is 5.33. The van der Waals surface area contributed by atoms with Gasteiger partial charge in [-0.3, -0.25) is 4.79 Å². The lowest BCUT2D eigenvalue weighted by atomic mass is 10.2. The van der Waals surface area contributed by atoms with Crippen LogP contribution in [0.1, 0.15) is 37.0 Å². The Bertz CT molecular complexity index is 741. The van der Waals surface area contributed by atoms with Crippen LogP contribution in [0.3, 0.4) is 0 Å². The van der Waals surface area contributed by atoms with Gasteiger partial charge in [0.1, 0.15) is 11.5 Å². The molecule has 1 heterocycles. The summed E-state index contributed by atoms with van der Waals surface area (Å²) in [4.78, 5) is 14.1. The molecule has 0 radical (unpaired) electrons. The number of carbonyl (C=O) groups excluding carboxylic acids is 1. The van der Waals surface area contributed by atoms with E-state index in [9.17, 15) is 18.7 Å². The molecule has 0 spiro atoms. The van der Waals surface area contributed by atoms with E-state index in [0.717, 1.165) is 12.1 Å². The van der Waals surface area contributed by atoms with Crippen LogP contribution < -0.4 is 0 Å². The monoisotopic (exact) mass is 337 g/mol. The number of benzene rings is 1. The second kappa shape index (κ2) is 7.09. The molecule has 0 saturated heterocycles. The summed E-state index contributed by atoms with van der Waals surface area (Å²) < 4.78 is 28.3. The van der Waals surface area contributed by atoms with Crippen LogP contribution in [0.2, 0.25) is 0 Å². The molecule has 2 rings (SSSR count). The van der Waals surface area contributed by atoms with E-state index in [4.69, 9.17) is 0 Å². The topological polar surface area (TPSA) is 58.4 Å². The fourth-order valence-electron chi connectivity index (χ4n) is 2.44. The van der Waals surface area contributed by atoms with Crippen molar-refractivity contribution in [2.45, 2.75) is 39.8 Å². The number of aliphatic hydroxyl groups excluding tert-OH is 1. The van der Waals surface area contributed by atoms with Gasteiger partial charge in [0.25, 0.3) is 5.91 Å². The van der Waals surface area contributed by atoms with Crippen LogP contribution in [0.4, 0.5) is 8.78 Å². The first kappa shape index (κ1) is 18.1. The molecule has 2 aromatic rings. The van der Waals surface area contributed by atoms with Gasteiger partial charge in [0.2, 0.25) is 0 Å². The lowest BCUT2D eigenvalue weighted by molar-refractivity contribution is 0.0572. The molecule has 0 fully saturated rings. The van der Waals surface area contributed by atoms with E-state index < -0.39 is 17.7 Å². The van der Waals surface area contributed by atoms with Crippen molar-refractivity contribution in [3.05, 3.63) is 47.3 Å². The molecule has 0 aliphatic rings. The number of aliphatic hydroxyl groups is 1. The normalized spacial score (nSPS) is 12.5. The second-order valence-corrected chi connectivity index (χ2v) is 6.08. The number of hydrogen-bond acceptors (Lipinski definition) is 3. The van der Waals surface area contributed by atoms with Crippen LogP contribution in [0.15, 0.2) is 24.3 Å². The SMILES string of the molecule is Cc1cc(C(=O)N(CC(C)O)C(C)C)nn1-c1ccc(F)cc1F. The molecule has 1 unspecified atom stereocenters. The zero-order valence-electron chi connectivity index (χ0n) is 14.1. The van der Waals surface area contributed by atoms with Crippen LogP contribution in [-0.2, 0) is 0 Å². The smallest absolute Gasteiger partial charge is 0.274 e. The first-order valence-corrected chi connectivity index (χ1v) is 7.71. The Morgan fingerprint density at radius 2 is 1.96 bits per heavy atom. The summed E-state index contributed by atoms with van der Waals surface area (Å²) in [5, 5.41) is 13.7. The number of aromatic nitrogens is 2. The maximum Gasteiger partial charge on any atom is 0.274 e. The Balaban J connectivity index is 2.38. The Hall–Kier alpha value is -2.28. The van der Waals surface area contributed by atoms with Gasteiger partial charge < -0.3 is 10.0 Å². The summed E-state index contributed by atoms with van der Waals surface area (Å²) in [6, 6.07) is 4.60. The number of rotatable bonds is 5. The number of nitrogens with zero attached hydrogens (tertiary/aromatic N) is 3. The number of hydrogen-bond donors (Lipinski definition) is 1. The van der Waals surface area contributed by atoms with Gasteiger partial charge in [-0.25, -0.2) is 13.5 Å². The number of aryl methyl sites for hydroxylation is 1. The van der Waals surface area contributed by atoms with Gasteiger partial charge in [-0.1, -0.05) is 0 Å². The van der Waals surface area contributed by atoms with E-state index in [1.165, 1.54) is 15.6 Å². The second-order valence-electron chi connectivity index (χ2n) is 6.08. The van der Waals surface area contributed by atoms with Gasteiger partial charge in [0, 0.05) is 24.3 Å². The fraction of sp³-hybridized carbons (Fsp3) is 0.412. The van der Waals surface area contributed by atoms with Gasteiger partial charge in [-0.15, -0.1) is 0 Å². The largest absolute Gasteiger partial charge is 0.392 e. The van der Waals surface area contributed by atoms with Crippen LogP contribution in [0.5, 0.6) is 0 Å². The van der Waals surface area contributed by atoms with E-state index in [-0.39, 0.29) is 29.9 Å². The lowest BCUT2D eigenvalue weighted by Crippen LogP contribution is -2.41. The van der Waals surface area contributed by atoms with E-state index in [1.54, 1.807) is 19.9 Å². The fourth-order valence-corrected chi connectivity index (χ4v) is 2.44. The predicted molar refractivity (Wildman–Crippen MR) is 86.1 cm³/mol. The van der Waals surface area contributed by atoms with Crippen LogP contribution in [-0.4, -0.2) is 44.4 Å². The molecule has 5 nitrogen and oxygen atoms in total. The van der Waals surface area contributed by atoms with Crippen molar-refractivity contribution >= 4 is 5.91 Å². The molecule has 1 aromatic heterocycles. The molecule has 0 saturated carbocycles. The van der Waals surface area contributed by atoms with E-state index in [2.05, 4.69) is 5.10 Å². The molecule has 0 aliphatic heterocycles. The summed E-state index contributed by atoms with van der Waals surface area (Å²) in [6.45, 7) is 7.13. The maximum atomic E-state index is 14.0. The molecular formula is C17H21F2N3O2. The molecule has 7 heteroatoms. The number of carbonyl (C=O) groups is 1. The standard InChI is InChI=1S/C17H21F2N3O2/c1-10(2)21(9-12(4)23)17(24)15-7-11(3)22(20-15)16-6-5-13(18)8-14(16)19/h5-8,10,12,23H,9H2,1-4H3. The van der Waals surface area contributed by atoms with Crippen molar-refractivity contribution < 1.29 is 18.7 Å². The van der Waals surface area contributed by atoms with Crippen molar-refractivity contribution in [3.8, 4) is 5.69 Å². The minimum atomic E-state index is -0.759. The Labute approximate surface area is 139 Å². The first-order valence-electron chi connectivity index (χ1n) is 7.71. The van der Waals surface area contributed by atoms with Crippen LogP contribution in [0, 0.1) is 18.6 Å². The van der Waals surface area contributed by atoms with Crippen molar-refractivity contribution in [2.24, 2.45) is 0 Å². The third kappa shape index (κ3) is 3.79. The number of amides is 1. The van der Waals surface area contributed by atoms with Crippen LogP contribution >= 0.6 is 0 Å². The highest BCUT2D eigenvalue weighted by atomic mass is 19.1. The minimum absolute atomic E-state index is 0.0690. The number of halogens is 2. The van der Waals surface area contributed by atoms with Crippen molar-refractivity contribution in [1.82, 2.24) is 14.7 Å². The average Bonchev–Trinajstić information content (AvgIpc) is 2.85. The minimum Gasteiger partial charge on any atom is -0.392 e. The van der Waals surface area contributed by atoms with E-state index >= 15 is 0 Å². The molecule has 1 atom stereocenters. The van der Waals surface area contributed by atoms with Crippen molar-refractivity contribution in [1.29, 1.82) is 0 Å². The van der Waals surface area contributed by atoms with Gasteiger partial charge in [0.05, 0.1) is 6.10 Å². The highest BCUT2D eigenvalue weighted by Gasteiger charge is 2.24. The lowest BCUT2D eigenvalue weighted by Gasteiger charge is -2.27. The molecule has 0 bridgehead atoms. The highest BCUT2D eigenvalue weighted by Crippen LogP contribution is 2.18. The van der Waals surface area contributed by atoms with Crippen molar-refractivity contribution in [2.75, 3.05) is 6.54 Å². The quantitative estimate of drug-likeness (QED) is 0.913. The van der Waals surface area contributed by atoms with Crippen molar-refractivity contribution in [3.63, 3.8) is 0 Å². The maximum absolute atomic E-state index is 14.0. The molecule has 1 N–H and O–H groups in total. The summed E-state index contributed by atoms with van der Waals surface area (Å²) in [5.74, 6) is -1.79. The molecule has 1 amide bonds.